The monoisotopic (exact) mass is 681 g/mol. The summed E-state index contributed by atoms with van der Waals surface area (Å²) in [5.41, 5.74) is -0.483. The number of pyridine rings is 1. The first kappa shape index (κ1) is 34.5. The molecule has 1 unspecified atom stereocenters. The zero-order valence-corrected chi connectivity index (χ0v) is 25.5. The number of anilines is 2. The average Bonchev–Trinajstić information content (AvgIpc) is 2.99. The molecular weight excluding hydrogens is 649 g/mol. The second kappa shape index (κ2) is 12.7. The predicted octanol–water partition coefficient (Wildman–Crippen LogP) is 6.14. The number of hydrogen-bond acceptors (Lipinski definition) is 9. The molecule has 2 aliphatic heterocycles. The maximum absolute atomic E-state index is 16.5. The number of benzene rings is 1. The number of hydrogen-bond donors (Lipinski definition) is 3. The summed E-state index contributed by atoms with van der Waals surface area (Å²) in [4.78, 5) is 13.5. The van der Waals surface area contributed by atoms with Crippen LogP contribution in [-0.2, 0) is 6.18 Å². The highest BCUT2D eigenvalue weighted by Crippen LogP contribution is 2.45. The van der Waals surface area contributed by atoms with Crippen LogP contribution < -0.4 is 25.8 Å². The molecule has 2 aromatic heterocycles. The molecule has 1 saturated heterocycles. The molecule has 9 nitrogen and oxygen atoms in total. The zero-order chi connectivity index (χ0) is 34.5. The normalized spacial score (nSPS) is 21.1. The van der Waals surface area contributed by atoms with Gasteiger partial charge in [0.1, 0.15) is 35.0 Å². The summed E-state index contributed by atoms with van der Waals surface area (Å²) in [5.74, 6) is -10.3. The number of rotatable bonds is 5. The molecule has 18 heteroatoms. The van der Waals surface area contributed by atoms with Gasteiger partial charge in [0, 0.05) is 44.5 Å². The first-order valence-electron chi connectivity index (χ1n) is 14.7. The zero-order valence-electron chi connectivity index (χ0n) is 25.5. The largest absolute Gasteiger partial charge is 0.467 e. The molecule has 1 aromatic carbocycles. The molecule has 1 fully saturated rings. The van der Waals surface area contributed by atoms with Gasteiger partial charge in [-0.3, -0.25) is 4.90 Å². The SMILES string of the molecule is Cc1c(F)c(N)cc(-c2nc3c4c(nc(OCN5CCCC(F)(F)C5)nc4c2F)NCC(C)NCC[C@H](C(C)(F)F)O3)c1C(F)(F)F. The van der Waals surface area contributed by atoms with Crippen molar-refractivity contribution in [1.82, 2.24) is 25.2 Å². The van der Waals surface area contributed by atoms with Crippen molar-refractivity contribution in [3.63, 3.8) is 0 Å². The molecule has 0 radical (unpaired) electrons. The molecule has 4 N–H and O–H groups in total. The molecule has 5 rings (SSSR count). The van der Waals surface area contributed by atoms with E-state index in [4.69, 9.17) is 15.2 Å². The topological polar surface area (TPSA) is 110 Å². The fraction of sp³-hybridized carbons (Fsp3) is 0.552. The molecule has 4 heterocycles. The van der Waals surface area contributed by atoms with Gasteiger partial charge < -0.3 is 25.8 Å². The van der Waals surface area contributed by atoms with Crippen molar-refractivity contribution in [1.29, 1.82) is 0 Å². The molecule has 0 spiro atoms. The highest BCUT2D eigenvalue weighted by molar-refractivity contribution is 5.96. The van der Waals surface area contributed by atoms with E-state index < -0.39 is 99.9 Å². The van der Waals surface area contributed by atoms with E-state index >= 15 is 4.39 Å². The Labute approximate surface area is 263 Å². The van der Waals surface area contributed by atoms with Gasteiger partial charge in [0.15, 0.2) is 11.9 Å². The molecule has 0 saturated carbocycles. The van der Waals surface area contributed by atoms with Crippen LogP contribution in [0.15, 0.2) is 6.07 Å². The van der Waals surface area contributed by atoms with E-state index in [9.17, 15) is 35.1 Å². The Morgan fingerprint density at radius 1 is 1.13 bits per heavy atom. The number of aromatic nitrogens is 3. The predicted molar refractivity (Wildman–Crippen MR) is 154 cm³/mol. The van der Waals surface area contributed by atoms with Crippen molar-refractivity contribution < 1.29 is 49.0 Å². The first-order chi connectivity index (χ1) is 21.9. The second-order valence-electron chi connectivity index (χ2n) is 11.9. The summed E-state index contributed by atoms with van der Waals surface area (Å²) < 4.78 is 143. The van der Waals surface area contributed by atoms with E-state index in [-0.39, 0.29) is 50.8 Å². The van der Waals surface area contributed by atoms with E-state index in [1.807, 2.05) is 0 Å². The second-order valence-corrected chi connectivity index (χ2v) is 11.9. The van der Waals surface area contributed by atoms with Gasteiger partial charge in [0.05, 0.1) is 17.8 Å². The summed E-state index contributed by atoms with van der Waals surface area (Å²) in [6.45, 7) is 2.38. The molecule has 0 aliphatic carbocycles. The van der Waals surface area contributed by atoms with Crippen LogP contribution in [0.4, 0.5) is 51.0 Å². The maximum atomic E-state index is 16.5. The number of alkyl halides is 7. The van der Waals surface area contributed by atoms with Crippen molar-refractivity contribution in [3.05, 3.63) is 28.8 Å². The number of likely N-dealkylation sites (tertiary alicyclic amines) is 1. The lowest BCUT2D eigenvalue weighted by Crippen LogP contribution is -2.44. The molecule has 2 atom stereocenters. The third kappa shape index (κ3) is 7.37. The van der Waals surface area contributed by atoms with E-state index in [1.165, 1.54) is 4.90 Å². The number of ether oxygens (including phenoxy) is 2. The third-order valence-electron chi connectivity index (χ3n) is 7.94. The Morgan fingerprint density at radius 2 is 1.85 bits per heavy atom. The molecule has 47 heavy (non-hydrogen) atoms. The molecule has 3 aromatic rings. The average molecular weight is 682 g/mol. The summed E-state index contributed by atoms with van der Waals surface area (Å²) >= 11 is 0. The van der Waals surface area contributed by atoms with Gasteiger partial charge in [0.2, 0.25) is 5.88 Å². The lowest BCUT2D eigenvalue weighted by atomic mass is 9.96. The van der Waals surface area contributed by atoms with Crippen LogP contribution in [0.2, 0.25) is 0 Å². The minimum Gasteiger partial charge on any atom is -0.467 e. The van der Waals surface area contributed by atoms with Gasteiger partial charge in [0.25, 0.3) is 11.8 Å². The van der Waals surface area contributed by atoms with Crippen LogP contribution in [-0.4, -0.2) is 76.8 Å². The van der Waals surface area contributed by atoms with Gasteiger partial charge in [-0.2, -0.15) is 23.1 Å². The van der Waals surface area contributed by atoms with Crippen molar-refractivity contribution in [2.45, 2.75) is 70.2 Å². The summed E-state index contributed by atoms with van der Waals surface area (Å²) in [7, 11) is 0. The highest BCUT2D eigenvalue weighted by atomic mass is 19.4. The van der Waals surface area contributed by atoms with Crippen LogP contribution in [0.25, 0.3) is 22.2 Å². The fourth-order valence-corrected chi connectivity index (χ4v) is 5.59. The first-order valence-corrected chi connectivity index (χ1v) is 14.7. The van der Waals surface area contributed by atoms with Crippen molar-refractivity contribution in [2.75, 3.05) is 44.0 Å². The minimum absolute atomic E-state index is 0.0247. The maximum Gasteiger partial charge on any atom is 0.417 e. The van der Waals surface area contributed by atoms with Crippen LogP contribution in [0.1, 0.15) is 44.2 Å². The quantitative estimate of drug-likeness (QED) is 0.216. The Kier molecular flexibility index (Phi) is 9.31. The summed E-state index contributed by atoms with van der Waals surface area (Å²) in [5, 5.41) is 5.54. The van der Waals surface area contributed by atoms with Gasteiger partial charge in [-0.25, -0.2) is 31.3 Å². The van der Waals surface area contributed by atoms with Crippen LogP contribution in [0.5, 0.6) is 11.9 Å². The number of nitrogens with one attached hydrogen (secondary N) is 2. The summed E-state index contributed by atoms with van der Waals surface area (Å²) in [6, 6.07) is -0.384. The highest BCUT2D eigenvalue weighted by Gasteiger charge is 2.41. The van der Waals surface area contributed by atoms with Crippen LogP contribution in [0, 0.1) is 18.6 Å². The Balaban J connectivity index is 1.76. The minimum atomic E-state index is -5.24. The van der Waals surface area contributed by atoms with Crippen LogP contribution in [0.3, 0.4) is 0 Å². The van der Waals surface area contributed by atoms with Crippen molar-refractivity contribution in [2.24, 2.45) is 0 Å². The van der Waals surface area contributed by atoms with Gasteiger partial charge in [-0.05, 0) is 38.4 Å². The lowest BCUT2D eigenvalue weighted by molar-refractivity contribution is -0.137. The fourth-order valence-electron chi connectivity index (χ4n) is 5.59. The van der Waals surface area contributed by atoms with Crippen LogP contribution >= 0.6 is 0 Å². The number of nitrogen functional groups attached to an aromatic ring is 1. The number of nitrogens with two attached hydrogens (primary N) is 1. The summed E-state index contributed by atoms with van der Waals surface area (Å²) in [6.07, 6.45) is -7.58. The molecule has 0 amide bonds. The standard InChI is InChI=1S/C29H32F9N7O2/c1-13-10-41-24-18-23(43-26(44-24)46-12-45-8-4-6-28(34,35)11-45)21(31)22(42-25(18)47-17(5-7-40-13)27(3,32)33)15-9-16(39)20(30)14(2)19(15)29(36,37)38/h9,13,17,40H,4-8,10-12,39H2,1-3H3,(H,41,43,44)/t13?,17-/m1/s1. The molecular formula is C29H32F9N7O2. The number of piperidine rings is 1. The number of halogens is 9. The Morgan fingerprint density at radius 3 is 2.51 bits per heavy atom. The molecule has 2 aliphatic rings. The van der Waals surface area contributed by atoms with Crippen molar-refractivity contribution in [3.8, 4) is 23.1 Å². The van der Waals surface area contributed by atoms with Gasteiger partial charge in [-0.1, -0.05) is 0 Å². The van der Waals surface area contributed by atoms with Gasteiger partial charge >= 0.3 is 12.2 Å². The lowest BCUT2D eigenvalue weighted by Gasteiger charge is -2.31. The van der Waals surface area contributed by atoms with E-state index in [1.54, 1.807) is 6.92 Å². The smallest absolute Gasteiger partial charge is 0.417 e. The molecule has 0 bridgehead atoms. The third-order valence-corrected chi connectivity index (χ3v) is 7.94. The Hall–Kier alpha value is -3.80. The number of nitrogens with zero attached hydrogens (tertiary/aromatic N) is 4. The Bertz CT molecular complexity index is 1650. The van der Waals surface area contributed by atoms with E-state index in [0.717, 1.165) is 6.92 Å². The van der Waals surface area contributed by atoms with Gasteiger partial charge in [-0.15, -0.1) is 0 Å². The molecule has 258 valence electrons. The van der Waals surface area contributed by atoms with E-state index in [2.05, 4.69) is 25.6 Å². The van der Waals surface area contributed by atoms with Crippen molar-refractivity contribution >= 4 is 22.4 Å². The van der Waals surface area contributed by atoms with E-state index in [0.29, 0.717) is 13.0 Å².